The van der Waals surface area contributed by atoms with Gasteiger partial charge in [0, 0.05) is 21.7 Å². The zero-order valence-electron chi connectivity index (χ0n) is 16.3. The number of phenols is 1. The van der Waals surface area contributed by atoms with Gasteiger partial charge >= 0.3 is 5.97 Å². The second-order valence-corrected chi connectivity index (χ2v) is 7.33. The van der Waals surface area contributed by atoms with Gasteiger partial charge in [0.2, 0.25) is 0 Å². The van der Waals surface area contributed by atoms with E-state index in [1.807, 2.05) is 6.92 Å². The number of hydrogen-bond acceptors (Lipinski definition) is 4. The minimum absolute atomic E-state index is 0.0268. The monoisotopic (exact) mass is 417 g/mol. The van der Waals surface area contributed by atoms with Gasteiger partial charge in [-0.2, -0.15) is 0 Å². The fourth-order valence-corrected chi connectivity index (χ4v) is 3.44. The SMILES string of the molecule is CCC(C)OC(=O)Cc1c(C)n(C(=O)c2cccc(Cl)c2)c2ccc(O)c(F)c12. The number of rotatable bonds is 5. The van der Waals surface area contributed by atoms with E-state index < -0.39 is 23.4 Å². The number of aromatic nitrogens is 1. The second kappa shape index (κ2) is 8.25. The van der Waals surface area contributed by atoms with Gasteiger partial charge in [-0.15, -0.1) is 0 Å². The summed E-state index contributed by atoms with van der Waals surface area (Å²) in [7, 11) is 0. The van der Waals surface area contributed by atoms with E-state index in [0.717, 1.165) is 0 Å². The molecule has 0 aliphatic carbocycles. The van der Waals surface area contributed by atoms with Crippen molar-refractivity contribution in [3.05, 3.63) is 64.1 Å². The Balaban J connectivity index is 2.17. The van der Waals surface area contributed by atoms with Gasteiger partial charge < -0.3 is 9.84 Å². The number of phenolic OH excluding ortho intramolecular Hbond substituents is 1. The number of hydrogen-bond donors (Lipinski definition) is 1. The normalized spacial score (nSPS) is 12.2. The summed E-state index contributed by atoms with van der Waals surface area (Å²) in [5.41, 5.74) is 1.28. The van der Waals surface area contributed by atoms with E-state index >= 15 is 0 Å². The fourth-order valence-electron chi connectivity index (χ4n) is 3.25. The highest BCUT2D eigenvalue weighted by Crippen LogP contribution is 2.34. The minimum atomic E-state index is -0.880. The lowest BCUT2D eigenvalue weighted by atomic mass is 10.1. The van der Waals surface area contributed by atoms with E-state index in [1.165, 1.54) is 22.8 Å². The van der Waals surface area contributed by atoms with Gasteiger partial charge in [-0.1, -0.05) is 24.6 Å². The molecule has 152 valence electrons. The maximum absolute atomic E-state index is 14.8. The van der Waals surface area contributed by atoms with Crippen LogP contribution in [0.1, 0.15) is 41.9 Å². The van der Waals surface area contributed by atoms with Crippen molar-refractivity contribution in [1.82, 2.24) is 4.57 Å². The molecule has 0 bridgehead atoms. The molecule has 0 fully saturated rings. The summed E-state index contributed by atoms with van der Waals surface area (Å²) in [6, 6.07) is 9.04. The molecule has 0 spiro atoms. The third-order valence-corrected chi connectivity index (χ3v) is 5.15. The van der Waals surface area contributed by atoms with Crippen molar-refractivity contribution in [2.24, 2.45) is 0 Å². The van der Waals surface area contributed by atoms with Crippen LogP contribution < -0.4 is 0 Å². The Hall–Kier alpha value is -2.86. The molecule has 5 nitrogen and oxygen atoms in total. The lowest BCUT2D eigenvalue weighted by molar-refractivity contribution is -0.147. The fraction of sp³-hybridized carbons (Fsp3) is 0.273. The Morgan fingerprint density at radius 1 is 1.28 bits per heavy atom. The molecule has 0 aliphatic heterocycles. The predicted octanol–water partition coefficient (Wildman–Crippen LogP) is 5.02. The average molecular weight is 418 g/mol. The van der Waals surface area contributed by atoms with E-state index in [0.29, 0.717) is 28.3 Å². The van der Waals surface area contributed by atoms with E-state index in [4.69, 9.17) is 16.3 Å². The summed E-state index contributed by atoms with van der Waals surface area (Å²) in [6.07, 6.45) is 0.153. The number of fused-ring (bicyclic) bond motifs is 1. The van der Waals surface area contributed by atoms with Crippen LogP contribution in [0.2, 0.25) is 5.02 Å². The Labute approximate surface area is 172 Å². The summed E-state index contributed by atoms with van der Waals surface area (Å²) >= 11 is 6.00. The van der Waals surface area contributed by atoms with Crippen molar-refractivity contribution < 1.29 is 23.8 Å². The van der Waals surface area contributed by atoms with Crippen molar-refractivity contribution in [2.75, 3.05) is 0 Å². The van der Waals surface area contributed by atoms with Crippen LogP contribution in [0.5, 0.6) is 5.75 Å². The van der Waals surface area contributed by atoms with Crippen LogP contribution >= 0.6 is 11.6 Å². The van der Waals surface area contributed by atoms with Crippen LogP contribution in [0.15, 0.2) is 36.4 Å². The highest BCUT2D eigenvalue weighted by molar-refractivity contribution is 6.31. The van der Waals surface area contributed by atoms with Crippen LogP contribution in [0.4, 0.5) is 4.39 Å². The van der Waals surface area contributed by atoms with Crippen molar-refractivity contribution in [3.63, 3.8) is 0 Å². The second-order valence-electron chi connectivity index (χ2n) is 6.89. The first kappa shape index (κ1) is 20.9. The number of esters is 1. The molecule has 1 aromatic heterocycles. The first-order chi connectivity index (χ1) is 13.7. The Kier molecular flexibility index (Phi) is 5.94. The molecular formula is C22H21ClFNO4. The molecule has 2 aromatic carbocycles. The predicted molar refractivity (Wildman–Crippen MR) is 109 cm³/mol. The van der Waals surface area contributed by atoms with E-state index in [9.17, 15) is 19.1 Å². The van der Waals surface area contributed by atoms with Gasteiger partial charge in [0.05, 0.1) is 18.0 Å². The molecule has 1 N–H and O–H groups in total. The quantitative estimate of drug-likeness (QED) is 0.592. The molecule has 0 amide bonds. The number of benzene rings is 2. The average Bonchev–Trinajstić information content (AvgIpc) is 2.96. The molecular weight excluding hydrogens is 397 g/mol. The van der Waals surface area contributed by atoms with Crippen LogP contribution in [-0.2, 0) is 16.0 Å². The molecule has 3 rings (SSSR count). The Bertz CT molecular complexity index is 1110. The van der Waals surface area contributed by atoms with Crippen molar-refractivity contribution in [1.29, 1.82) is 0 Å². The highest BCUT2D eigenvalue weighted by atomic mass is 35.5. The van der Waals surface area contributed by atoms with E-state index in [1.54, 1.807) is 32.0 Å². The molecule has 1 heterocycles. The largest absolute Gasteiger partial charge is 0.505 e. The zero-order valence-corrected chi connectivity index (χ0v) is 17.1. The summed E-state index contributed by atoms with van der Waals surface area (Å²) in [4.78, 5) is 25.5. The van der Waals surface area contributed by atoms with Crippen LogP contribution in [0, 0.1) is 12.7 Å². The maximum Gasteiger partial charge on any atom is 0.310 e. The molecule has 0 aliphatic rings. The Morgan fingerprint density at radius 2 is 2.00 bits per heavy atom. The third kappa shape index (κ3) is 3.98. The summed E-state index contributed by atoms with van der Waals surface area (Å²) < 4.78 is 21.5. The standard InChI is InChI=1S/C22H21ClFNO4/c1-4-12(2)29-19(27)11-16-13(3)25(17-8-9-18(26)21(24)20(16)17)22(28)14-6-5-7-15(23)10-14/h5-10,12,26H,4,11H2,1-3H3. The van der Waals surface area contributed by atoms with Crippen LogP contribution in [0.25, 0.3) is 10.9 Å². The zero-order chi connectivity index (χ0) is 21.3. The lowest BCUT2D eigenvalue weighted by Gasteiger charge is -2.11. The number of carbonyl (C=O) groups excluding carboxylic acids is 2. The van der Waals surface area contributed by atoms with Crippen LogP contribution in [0.3, 0.4) is 0 Å². The molecule has 3 aromatic rings. The van der Waals surface area contributed by atoms with Gasteiger partial charge in [-0.3, -0.25) is 14.2 Å². The van der Waals surface area contributed by atoms with E-state index in [-0.39, 0.29) is 23.4 Å². The van der Waals surface area contributed by atoms with Gasteiger partial charge in [0.25, 0.3) is 5.91 Å². The van der Waals surface area contributed by atoms with Crippen LogP contribution in [-0.4, -0.2) is 27.7 Å². The van der Waals surface area contributed by atoms with Gasteiger partial charge in [-0.25, -0.2) is 4.39 Å². The topological polar surface area (TPSA) is 68.5 Å². The summed E-state index contributed by atoms with van der Waals surface area (Å²) in [5, 5.41) is 10.3. The van der Waals surface area contributed by atoms with Gasteiger partial charge in [0.15, 0.2) is 11.6 Å². The number of nitrogens with zero attached hydrogens (tertiary/aromatic N) is 1. The van der Waals surface area contributed by atoms with Gasteiger partial charge in [-0.05, 0) is 56.2 Å². The van der Waals surface area contributed by atoms with Crippen molar-refractivity contribution in [3.8, 4) is 5.75 Å². The maximum atomic E-state index is 14.8. The Morgan fingerprint density at radius 3 is 2.66 bits per heavy atom. The highest BCUT2D eigenvalue weighted by Gasteiger charge is 2.25. The number of ether oxygens (including phenoxy) is 1. The number of carbonyl (C=O) groups is 2. The number of halogens is 2. The van der Waals surface area contributed by atoms with E-state index in [2.05, 4.69) is 0 Å². The lowest BCUT2D eigenvalue weighted by Crippen LogP contribution is -2.17. The number of aromatic hydroxyl groups is 1. The minimum Gasteiger partial charge on any atom is -0.505 e. The van der Waals surface area contributed by atoms with Crippen molar-refractivity contribution in [2.45, 2.75) is 39.7 Å². The van der Waals surface area contributed by atoms with Gasteiger partial charge in [0.1, 0.15) is 0 Å². The first-order valence-electron chi connectivity index (χ1n) is 9.25. The molecule has 1 unspecified atom stereocenters. The molecule has 0 radical (unpaired) electrons. The first-order valence-corrected chi connectivity index (χ1v) is 9.63. The molecule has 29 heavy (non-hydrogen) atoms. The molecule has 0 saturated heterocycles. The molecule has 0 saturated carbocycles. The van der Waals surface area contributed by atoms with Crippen molar-refractivity contribution >= 4 is 34.4 Å². The molecule has 1 atom stereocenters. The third-order valence-electron chi connectivity index (χ3n) is 4.92. The summed E-state index contributed by atoms with van der Waals surface area (Å²) in [5.74, 6) is -2.38. The molecule has 7 heteroatoms. The smallest absolute Gasteiger partial charge is 0.310 e. The summed E-state index contributed by atoms with van der Waals surface area (Å²) in [6.45, 7) is 5.28.